The highest BCUT2D eigenvalue weighted by atomic mass is 79.9. The summed E-state index contributed by atoms with van der Waals surface area (Å²) in [5.41, 5.74) is 2.02. The highest BCUT2D eigenvalue weighted by Gasteiger charge is 2.19. The fraction of sp³-hybridized carbons (Fsp3) is 0.250. The summed E-state index contributed by atoms with van der Waals surface area (Å²) in [4.78, 5) is 14.4. The van der Waals surface area contributed by atoms with Crippen molar-refractivity contribution in [2.75, 3.05) is 0 Å². The number of halogens is 2. The third-order valence-corrected chi connectivity index (χ3v) is 3.76. The lowest BCUT2D eigenvalue weighted by atomic mass is 10.1. The molecular formula is C12H9BrFNO. The maximum absolute atomic E-state index is 13.8. The lowest BCUT2D eigenvalue weighted by Gasteiger charge is -2.06. The summed E-state index contributed by atoms with van der Waals surface area (Å²) in [5.74, 6) is -0.385. The molecule has 0 bridgehead atoms. The van der Waals surface area contributed by atoms with Crippen LogP contribution >= 0.6 is 15.9 Å². The molecule has 0 aliphatic heterocycles. The third-order valence-electron chi connectivity index (χ3n) is 3.15. The van der Waals surface area contributed by atoms with Gasteiger partial charge < -0.3 is 4.98 Å². The minimum atomic E-state index is -0.385. The number of pyridine rings is 1. The Balaban J connectivity index is 2.52. The van der Waals surface area contributed by atoms with E-state index in [-0.39, 0.29) is 11.4 Å². The first-order valence-electron chi connectivity index (χ1n) is 5.20. The van der Waals surface area contributed by atoms with Crippen molar-refractivity contribution in [1.29, 1.82) is 0 Å². The predicted octanol–water partition coefficient (Wildman–Crippen LogP) is 2.92. The van der Waals surface area contributed by atoms with Gasteiger partial charge in [-0.05, 0) is 46.8 Å². The Morgan fingerprint density at radius 1 is 1.25 bits per heavy atom. The number of aromatic nitrogens is 1. The summed E-state index contributed by atoms with van der Waals surface area (Å²) in [6, 6.07) is 3.55. The van der Waals surface area contributed by atoms with Crippen LogP contribution in [0.5, 0.6) is 0 Å². The van der Waals surface area contributed by atoms with Crippen LogP contribution in [0.3, 0.4) is 0 Å². The second-order valence-electron chi connectivity index (χ2n) is 4.05. The monoisotopic (exact) mass is 281 g/mol. The number of fused-ring (bicyclic) bond motifs is 3. The molecule has 1 aromatic carbocycles. The molecule has 1 aromatic heterocycles. The van der Waals surface area contributed by atoms with Gasteiger partial charge in [0.25, 0.3) is 5.56 Å². The molecular weight excluding hydrogens is 273 g/mol. The molecule has 1 aliphatic rings. The van der Waals surface area contributed by atoms with Gasteiger partial charge in [-0.25, -0.2) is 4.39 Å². The van der Waals surface area contributed by atoms with Gasteiger partial charge in [0.05, 0.1) is 9.99 Å². The average molecular weight is 282 g/mol. The van der Waals surface area contributed by atoms with Crippen LogP contribution in [0.15, 0.2) is 21.4 Å². The van der Waals surface area contributed by atoms with Gasteiger partial charge in [0, 0.05) is 10.9 Å². The molecule has 1 N–H and O–H groups in total. The fourth-order valence-corrected chi connectivity index (χ4v) is 2.74. The Morgan fingerprint density at radius 2 is 2.00 bits per heavy atom. The van der Waals surface area contributed by atoms with Crippen molar-refractivity contribution >= 4 is 26.8 Å². The number of hydrogen-bond acceptors (Lipinski definition) is 1. The molecule has 0 unspecified atom stereocenters. The molecule has 0 saturated heterocycles. The zero-order valence-electron chi connectivity index (χ0n) is 8.44. The fourth-order valence-electron chi connectivity index (χ4n) is 2.40. The number of aryl methyl sites for hydroxylation is 1. The van der Waals surface area contributed by atoms with Crippen molar-refractivity contribution in [3.05, 3.63) is 43.9 Å². The van der Waals surface area contributed by atoms with Crippen LogP contribution in [0.4, 0.5) is 4.39 Å². The van der Waals surface area contributed by atoms with Gasteiger partial charge in [-0.15, -0.1) is 0 Å². The normalized spacial score (nSPS) is 14.4. The molecule has 0 spiro atoms. The van der Waals surface area contributed by atoms with Crippen LogP contribution < -0.4 is 5.56 Å². The summed E-state index contributed by atoms with van der Waals surface area (Å²) < 4.78 is 14.2. The molecule has 1 heterocycles. The second kappa shape index (κ2) is 3.42. The highest BCUT2D eigenvalue weighted by Crippen LogP contribution is 2.29. The quantitative estimate of drug-likeness (QED) is 0.791. The lowest BCUT2D eigenvalue weighted by Crippen LogP contribution is -2.13. The standard InChI is InChI=1S/C12H9BrFNO/c13-9-5-4-7-6-2-1-3-8(6)12(16)15-11(7)10(9)14/h4-5H,1-3H2,(H,15,16). The van der Waals surface area contributed by atoms with Crippen LogP contribution in [-0.2, 0) is 12.8 Å². The van der Waals surface area contributed by atoms with Crippen LogP contribution in [-0.4, -0.2) is 4.98 Å². The Labute approximate surface area is 99.6 Å². The maximum atomic E-state index is 13.8. The number of hydrogen-bond donors (Lipinski definition) is 1. The van der Waals surface area contributed by atoms with Gasteiger partial charge in [-0.2, -0.15) is 0 Å². The van der Waals surface area contributed by atoms with Crippen molar-refractivity contribution in [3.8, 4) is 0 Å². The van der Waals surface area contributed by atoms with Crippen LogP contribution in [0.25, 0.3) is 10.9 Å². The van der Waals surface area contributed by atoms with Crippen molar-refractivity contribution in [3.63, 3.8) is 0 Å². The van der Waals surface area contributed by atoms with Gasteiger partial charge in [-0.1, -0.05) is 6.07 Å². The number of aromatic amines is 1. The van der Waals surface area contributed by atoms with E-state index in [0.29, 0.717) is 9.99 Å². The molecule has 2 nitrogen and oxygen atoms in total. The minimum Gasteiger partial charge on any atom is -0.319 e. The molecule has 0 atom stereocenters. The second-order valence-corrected chi connectivity index (χ2v) is 4.90. The van der Waals surface area contributed by atoms with Gasteiger partial charge in [0.1, 0.15) is 0 Å². The molecule has 0 fully saturated rings. The number of nitrogens with one attached hydrogen (secondary N) is 1. The van der Waals surface area contributed by atoms with Gasteiger partial charge in [-0.3, -0.25) is 4.79 Å². The van der Waals surface area contributed by atoms with Crippen LogP contribution in [0.2, 0.25) is 0 Å². The van der Waals surface area contributed by atoms with E-state index in [0.717, 1.165) is 35.8 Å². The van der Waals surface area contributed by atoms with E-state index < -0.39 is 0 Å². The molecule has 2 aromatic rings. The van der Waals surface area contributed by atoms with Crippen LogP contribution in [0.1, 0.15) is 17.5 Å². The highest BCUT2D eigenvalue weighted by molar-refractivity contribution is 9.10. The molecule has 0 radical (unpaired) electrons. The van der Waals surface area contributed by atoms with Gasteiger partial charge >= 0.3 is 0 Å². The number of H-pyrrole nitrogens is 1. The van der Waals surface area contributed by atoms with Gasteiger partial charge in [0.2, 0.25) is 0 Å². The maximum Gasteiger partial charge on any atom is 0.251 e. The van der Waals surface area contributed by atoms with E-state index in [4.69, 9.17) is 0 Å². The van der Waals surface area contributed by atoms with Gasteiger partial charge in [0.15, 0.2) is 5.82 Å². The zero-order chi connectivity index (χ0) is 11.3. The van der Waals surface area contributed by atoms with E-state index in [1.165, 1.54) is 0 Å². The SMILES string of the molecule is O=c1[nH]c2c(F)c(Br)ccc2c2c1CCC2. The van der Waals surface area contributed by atoms with Crippen molar-refractivity contribution in [2.45, 2.75) is 19.3 Å². The first-order valence-corrected chi connectivity index (χ1v) is 5.99. The molecule has 82 valence electrons. The smallest absolute Gasteiger partial charge is 0.251 e. The predicted molar refractivity (Wildman–Crippen MR) is 64.3 cm³/mol. The molecule has 3 rings (SSSR count). The topological polar surface area (TPSA) is 32.9 Å². The average Bonchev–Trinajstić information content (AvgIpc) is 2.74. The summed E-state index contributed by atoms with van der Waals surface area (Å²) in [7, 11) is 0. The summed E-state index contributed by atoms with van der Waals surface area (Å²) >= 11 is 3.12. The lowest BCUT2D eigenvalue weighted by molar-refractivity contribution is 0.630. The Bertz CT molecular complexity index is 647. The minimum absolute atomic E-state index is 0.142. The molecule has 0 amide bonds. The number of rotatable bonds is 0. The first kappa shape index (κ1) is 10.0. The van der Waals surface area contributed by atoms with Crippen LogP contribution in [0, 0.1) is 5.82 Å². The summed E-state index contributed by atoms with van der Waals surface area (Å²) in [6.07, 6.45) is 2.66. The van der Waals surface area contributed by atoms with Crippen molar-refractivity contribution in [1.82, 2.24) is 4.98 Å². The zero-order valence-corrected chi connectivity index (χ0v) is 10.0. The Kier molecular flexibility index (Phi) is 2.14. The van der Waals surface area contributed by atoms with E-state index >= 15 is 0 Å². The molecule has 0 saturated carbocycles. The first-order chi connectivity index (χ1) is 7.68. The van der Waals surface area contributed by atoms with E-state index in [1.807, 2.05) is 6.07 Å². The Hall–Kier alpha value is -1.16. The molecule has 16 heavy (non-hydrogen) atoms. The van der Waals surface area contributed by atoms with E-state index in [2.05, 4.69) is 20.9 Å². The third kappa shape index (κ3) is 1.26. The van der Waals surface area contributed by atoms with Crippen molar-refractivity contribution in [2.24, 2.45) is 0 Å². The van der Waals surface area contributed by atoms with E-state index in [9.17, 15) is 9.18 Å². The largest absolute Gasteiger partial charge is 0.319 e. The summed E-state index contributed by atoms with van der Waals surface area (Å²) in [5, 5.41) is 0.841. The molecule has 1 aliphatic carbocycles. The Morgan fingerprint density at radius 3 is 2.81 bits per heavy atom. The number of benzene rings is 1. The molecule has 4 heteroatoms. The summed E-state index contributed by atoms with van der Waals surface area (Å²) in [6.45, 7) is 0. The van der Waals surface area contributed by atoms with E-state index in [1.54, 1.807) is 6.07 Å². The van der Waals surface area contributed by atoms with Crippen molar-refractivity contribution < 1.29 is 4.39 Å².